The molecule has 2 bridgehead atoms. The molecule has 1 N–H and O–H groups in total. The standard InChI is InChI=1S/C14H18N4OS/c1-17(11-4-9-2-3-10(5-11)16-9)14(19)12-7-20-13-6-15-8-18(12)13/h6-11,16H,2-5H2,1H3. The summed E-state index contributed by atoms with van der Waals surface area (Å²) in [6.07, 6.45) is 8.19. The van der Waals surface area contributed by atoms with E-state index in [4.69, 9.17) is 0 Å². The number of hydrogen-bond donors (Lipinski definition) is 1. The van der Waals surface area contributed by atoms with Crippen LogP contribution in [0.25, 0.3) is 4.83 Å². The third-order valence-corrected chi connectivity index (χ3v) is 5.58. The molecule has 20 heavy (non-hydrogen) atoms. The molecule has 106 valence electrons. The molecule has 5 nitrogen and oxygen atoms in total. The lowest BCUT2D eigenvalue weighted by Crippen LogP contribution is -2.48. The summed E-state index contributed by atoms with van der Waals surface area (Å²) in [6, 6.07) is 1.56. The van der Waals surface area contributed by atoms with E-state index in [1.807, 2.05) is 21.7 Å². The molecule has 2 saturated heterocycles. The maximum Gasteiger partial charge on any atom is 0.271 e. The van der Waals surface area contributed by atoms with E-state index in [1.54, 1.807) is 23.9 Å². The van der Waals surface area contributed by atoms with E-state index in [1.165, 1.54) is 12.8 Å². The molecule has 2 fully saturated rings. The zero-order valence-electron chi connectivity index (χ0n) is 11.5. The minimum atomic E-state index is 0.112. The fraction of sp³-hybridized carbons (Fsp3) is 0.571. The highest BCUT2D eigenvalue weighted by Gasteiger charge is 2.36. The summed E-state index contributed by atoms with van der Waals surface area (Å²) in [7, 11) is 1.94. The second-order valence-electron chi connectivity index (χ2n) is 5.90. The number of fused-ring (bicyclic) bond motifs is 3. The van der Waals surface area contributed by atoms with E-state index in [2.05, 4.69) is 10.3 Å². The molecule has 2 aromatic heterocycles. The quantitative estimate of drug-likeness (QED) is 0.917. The lowest BCUT2D eigenvalue weighted by Gasteiger charge is -2.35. The Morgan fingerprint density at radius 2 is 2.20 bits per heavy atom. The van der Waals surface area contributed by atoms with Crippen molar-refractivity contribution in [1.29, 1.82) is 0 Å². The number of nitrogens with one attached hydrogen (secondary N) is 1. The van der Waals surface area contributed by atoms with Crippen molar-refractivity contribution in [2.24, 2.45) is 0 Å². The van der Waals surface area contributed by atoms with Crippen molar-refractivity contribution in [3.63, 3.8) is 0 Å². The Labute approximate surface area is 121 Å². The van der Waals surface area contributed by atoms with Crippen molar-refractivity contribution >= 4 is 22.1 Å². The molecule has 2 unspecified atom stereocenters. The summed E-state index contributed by atoms with van der Waals surface area (Å²) in [5.41, 5.74) is 0.732. The predicted octanol–water partition coefficient (Wildman–Crippen LogP) is 1.75. The van der Waals surface area contributed by atoms with Gasteiger partial charge in [0.15, 0.2) is 0 Å². The third-order valence-electron chi connectivity index (χ3n) is 4.69. The van der Waals surface area contributed by atoms with Crippen molar-refractivity contribution in [3.8, 4) is 0 Å². The van der Waals surface area contributed by atoms with Crippen LogP contribution in [0, 0.1) is 0 Å². The molecule has 0 spiro atoms. The molecule has 4 rings (SSSR count). The van der Waals surface area contributed by atoms with Crippen LogP contribution in [0.2, 0.25) is 0 Å². The minimum absolute atomic E-state index is 0.112. The molecule has 2 aliphatic heterocycles. The number of imidazole rings is 1. The highest BCUT2D eigenvalue weighted by molar-refractivity contribution is 7.15. The lowest BCUT2D eigenvalue weighted by atomic mass is 9.98. The van der Waals surface area contributed by atoms with Crippen molar-refractivity contribution in [2.45, 2.75) is 43.8 Å². The molecule has 2 atom stereocenters. The van der Waals surface area contributed by atoms with Crippen LogP contribution >= 0.6 is 11.3 Å². The van der Waals surface area contributed by atoms with Gasteiger partial charge in [0.1, 0.15) is 16.9 Å². The van der Waals surface area contributed by atoms with E-state index in [-0.39, 0.29) is 5.91 Å². The highest BCUT2D eigenvalue weighted by Crippen LogP contribution is 2.30. The van der Waals surface area contributed by atoms with E-state index in [9.17, 15) is 4.79 Å². The van der Waals surface area contributed by atoms with Crippen molar-refractivity contribution in [1.82, 2.24) is 19.6 Å². The summed E-state index contributed by atoms with van der Waals surface area (Å²) in [5.74, 6) is 0.112. The first kappa shape index (κ1) is 12.3. The van der Waals surface area contributed by atoms with Gasteiger partial charge in [-0.3, -0.25) is 9.20 Å². The van der Waals surface area contributed by atoms with Crippen molar-refractivity contribution < 1.29 is 4.79 Å². The summed E-state index contributed by atoms with van der Waals surface area (Å²) < 4.78 is 1.89. The molecule has 0 aliphatic carbocycles. The van der Waals surface area contributed by atoms with Gasteiger partial charge in [0.2, 0.25) is 0 Å². The normalized spacial score (nSPS) is 28.9. The van der Waals surface area contributed by atoms with Gasteiger partial charge in [-0.15, -0.1) is 11.3 Å². The first-order chi connectivity index (χ1) is 9.72. The van der Waals surface area contributed by atoms with Crippen LogP contribution in [0.15, 0.2) is 17.9 Å². The molecule has 0 radical (unpaired) electrons. The number of piperidine rings is 1. The summed E-state index contributed by atoms with van der Waals surface area (Å²) in [6.45, 7) is 0. The first-order valence-corrected chi connectivity index (χ1v) is 8.03. The first-order valence-electron chi connectivity index (χ1n) is 7.15. The Hall–Kier alpha value is -1.40. The van der Waals surface area contributed by atoms with E-state index < -0.39 is 0 Å². The second-order valence-corrected chi connectivity index (χ2v) is 6.79. The Morgan fingerprint density at radius 3 is 2.95 bits per heavy atom. The SMILES string of the molecule is CN(C(=O)c1csc2cncn12)C1CC2CCC(C1)N2. The van der Waals surface area contributed by atoms with Crippen LogP contribution in [0.3, 0.4) is 0 Å². The van der Waals surface area contributed by atoms with Crippen LogP contribution in [-0.2, 0) is 0 Å². The van der Waals surface area contributed by atoms with E-state index in [0.717, 1.165) is 23.4 Å². The van der Waals surface area contributed by atoms with Gasteiger partial charge in [-0.2, -0.15) is 0 Å². The van der Waals surface area contributed by atoms with Gasteiger partial charge in [-0.1, -0.05) is 0 Å². The molecule has 4 heterocycles. The topological polar surface area (TPSA) is 49.6 Å². The number of nitrogens with zero attached hydrogens (tertiary/aromatic N) is 3. The van der Waals surface area contributed by atoms with Gasteiger partial charge < -0.3 is 10.2 Å². The number of rotatable bonds is 2. The maximum absolute atomic E-state index is 12.7. The summed E-state index contributed by atoms with van der Waals surface area (Å²) in [5, 5.41) is 5.56. The molecule has 0 aromatic carbocycles. The molecular weight excluding hydrogens is 272 g/mol. The van der Waals surface area contributed by atoms with Crippen molar-refractivity contribution in [3.05, 3.63) is 23.6 Å². The maximum atomic E-state index is 12.7. The Morgan fingerprint density at radius 1 is 1.45 bits per heavy atom. The second kappa shape index (κ2) is 4.56. The molecule has 2 aliphatic rings. The predicted molar refractivity (Wildman–Crippen MR) is 78.1 cm³/mol. The molecule has 6 heteroatoms. The zero-order chi connectivity index (χ0) is 13.7. The van der Waals surface area contributed by atoms with E-state index >= 15 is 0 Å². The Balaban J connectivity index is 1.57. The number of thiazole rings is 1. The zero-order valence-corrected chi connectivity index (χ0v) is 12.3. The van der Waals surface area contributed by atoms with Gasteiger partial charge in [-0.25, -0.2) is 4.98 Å². The smallest absolute Gasteiger partial charge is 0.271 e. The minimum Gasteiger partial charge on any atom is -0.337 e. The van der Waals surface area contributed by atoms with Gasteiger partial charge >= 0.3 is 0 Å². The van der Waals surface area contributed by atoms with Crippen LogP contribution in [0.5, 0.6) is 0 Å². The molecule has 1 amide bonds. The fourth-order valence-corrected chi connectivity index (χ4v) is 4.39. The molecule has 0 saturated carbocycles. The summed E-state index contributed by atoms with van der Waals surface area (Å²) in [4.78, 5) is 19.8. The van der Waals surface area contributed by atoms with Gasteiger partial charge in [0, 0.05) is 30.6 Å². The lowest BCUT2D eigenvalue weighted by molar-refractivity contribution is 0.0675. The number of aromatic nitrogens is 2. The number of carbonyl (C=O) groups excluding carboxylic acids is 1. The van der Waals surface area contributed by atoms with E-state index in [0.29, 0.717) is 18.1 Å². The van der Waals surface area contributed by atoms with Crippen molar-refractivity contribution in [2.75, 3.05) is 7.05 Å². The number of amides is 1. The fourth-order valence-electron chi connectivity index (χ4n) is 3.57. The van der Waals surface area contributed by atoms with Crippen LogP contribution in [0.1, 0.15) is 36.2 Å². The average Bonchev–Trinajstić information content (AvgIpc) is 3.13. The largest absolute Gasteiger partial charge is 0.337 e. The Bertz CT molecular complexity index is 636. The molecule has 2 aromatic rings. The highest BCUT2D eigenvalue weighted by atomic mass is 32.1. The number of hydrogen-bond acceptors (Lipinski definition) is 4. The van der Waals surface area contributed by atoms with Crippen LogP contribution in [-0.4, -0.2) is 45.4 Å². The van der Waals surface area contributed by atoms with Gasteiger partial charge in [0.25, 0.3) is 5.91 Å². The number of carbonyl (C=O) groups is 1. The van der Waals surface area contributed by atoms with Gasteiger partial charge in [0.05, 0.1) is 6.20 Å². The van der Waals surface area contributed by atoms with Crippen LogP contribution in [0.4, 0.5) is 0 Å². The van der Waals surface area contributed by atoms with Crippen LogP contribution < -0.4 is 5.32 Å². The Kier molecular flexibility index (Phi) is 2.82. The third kappa shape index (κ3) is 1.86. The van der Waals surface area contributed by atoms with Gasteiger partial charge in [-0.05, 0) is 25.7 Å². The summed E-state index contributed by atoms with van der Waals surface area (Å²) >= 11 is 1.57. The molecular formula is C14H18N4OS. The monoisotopic (exact) mass is 290 g/mol. The average molecular weight is 290 g/mol.